The van der Waals surface area contributed by atoms with Gasteiger partial charge in [-0.3, -0.25) is 4.79 Å². The number of hydrogen-bond acceptors (Lipinski definition) is 5. The highest BCUT2D eigenvalue weighted by Gasteiger charge is 2.18. The van der Waals surface area contributed by atoms with Crippen molar-refractivity contribution in [2.75, 3.05) is 13.2 Å². The van der Waals surface area contributed by atoms with Gasteiger partial charge in [0.15, 0.2) is 17.9 Å². The SMILES string of the molecule is CCCCOc1ccc(C(=O)Oc2ccc(-c3ccc(OCC)c(F)c3F)cc2C=O)cc1. The Balaban J connectivity index is 1.78. The molecule has 0 saturated carbocycles. The molecule has 0 unspecified atom stereocenters. The molecule has 33 heavy (non-hydrogen) atoms. The molecule has 0 aromatic heterocycles. The van der Waals surface area contributed by atoms with E-state index in [4.69, 9.17) is 14.2 Å². The molecule has 0 radical (unpaired) electrons. The largest absolute Gasteiger partial charge is 0.494 e. The first-order valence-corrected chi connectivity index (χ1v) is 10.6. The molecule has 0 aliphatic carbocycles. The number of esters is 1. The zero-order valence-corrected chi connectivity index (χ0v) is 18.4. The molecule has 0 amide bonds. The Kier molecular flexibility index (Phi) is 8.13. The summed E-state index contributed by atoms with van der Waals surface area (Å²) in [5.74, 6) is -2.41. The Labute approximate surface area is 190 Å². The summed E-state index contributed by atoms with van der Waals surface area (Å²) < 4.78 is 44.7. The Morgan fingerprint density at radius 2 is 1.64 bits per heavy atom. The van der Waals surface area contributed by atoms with E-state index >= 15 is 0 Å². The van der Waals surface area contributed by atoms with E-state index in [0.717, 1.165) is 12.8 Å². The van der Waals surface area contributed by atoms with Crippen LogP contribution in [0.5, 0.6) is 17.2 Å². The van der Waals surface area contributed by atoms with Gasteiger partial charge >= 0.3 is 5.97 Å². The zero-order chi connectivity index (χ0) is 23.8. The van der Waals surface area contributed by atoms with E-state index in [2.05, 4.69) is 6.92 Å². The van der Waals surface area contributed by atoms with E-state index in [9.17, 15) is 18.4 Å². The number of hydrogen-bond donors (Lipinski definition) is 0. The molecule has 7 heteroatoms. The van der Waals surface area contributed by atoms with Crippen LogP contribution in [0.2, 0.25) is 0 Å². The molecule has 0 bridgehead atoms. The van der Waals surface area contributed by atoms with E-state index in [-0.39, 0.29) is 40.4 Å². The number of aldehydes is 1. The molecule has 0 aliphatic rings. The third-order valence-corrected chi connectivity index (χ3v) is 4.85. The van der Waals surface area contributed by atoms with Crippen molar-refractivity contribution in [3.8, 4) is 28.4 Å². The minimum Gasteiger partial charge on any atom is -0.494 e. The summed E-state index contributed by atoms with van der Waals surface area (Å²) in [6.07, 6.45) is 2.43. The number of carbonyl (C=O) groups excluding carboxylic acids is 2. The van der Waals surface area contributed by atoms with Crippen molar-refractivity contribution in [3.05, 3.63) is 77.4 Å². The van der Waals surface area contributed by atoms with Crippen molar-refractivity contribution < 1.29 is 32.6 Å². The Bertz CT molecular complexity index is 1130. The van der Waals surface area contributed by atoms with Crippen molar-refractivity contribution >= 4 is 12.3 Å². The third kappa shape index (κ3) is 5.74. The van der Waals surface area contributed by atoms with Crippen LogP contribution in [0, 0.1) is 11.6 Å². The lowest BCUT2D eigenvalue weighted by Gasteiger charge is -2.12. The minimum absolute atomic E-state index is 0.00818. The second kappa shape index (κ2) is 11.2. The van der Waals surface area contributed by atoms with Gasteiger partial charge in [0, 0.05) is 5.56 Å². The molecule has 0 aliphatic heterocycles. The van der Waals surface area contributed by atoms with E-state index in [0.29, 0.717) is 18.6 Å². The van der Waals surface area contributed by atoms with Crippen LogP contribution >= 0.6 is 0 Å². The molecule has 0 heterocycles. The normalized spacial score (nSPS) is 10.5. The second-order valence-electron chi connectivity index (χ2n) is 7.16. The molecular formula is C26H24F2O5. The smallest absolute Gasteiger partial charge is 0.343 e. The maximum Gasteiger partial charge on any atom is 0.343 e. The summed E-state index contributed by atoms with van der Waals surface area (Å²) in [5, 5.41) is 0. The van der Waals surface area contributed by atoms with Crippen molar-refractivity contribution in [1.82, 2.24) is 0 Å². The van der Waals surface area contributed by atoms with Gasteiger partial charge in [0.05, 0.1) is 24.3 Å². The van der Waals surface area contributed by atoms with Crippen LogP contribution in [0.4, 0.5) is 8.78 Å². The maximum absolute atomic E-state index is 14.5. The molecule has 3 aromatic carbocycles. The van der Waals surface area contributed by atoms with Crippen molar-refractivity contribution in [2.24, 2.45) is 0 Å². The van der Waals surface area contributed by atoms with Gasteiger partial charge in [-0.25, -0.2) is 9.18 Å². The molecule has 0 N–H and O–H groups in total. The fourth-order valence-corrected chi connectivity index (χ4v) is 3.10. The average molecular weight is 454 g/mol. The lowest BCUT2D eigenvalue weighted by molar-refractivity contribution is 0.0733. The fraction of sp³-hybridized carbons (Fsp3) is 0.231. The van der Waals surface area contributed by atoms with Crippen LogP contribution in [0.1, 0.15) is 47.4 Å². The monoisotopic (exact) mass is 454 g/mol. The highest BCUT2D eigenvalue weighted by Crippen LogP contribution is 2.32. The number of ether oxygens (including phenoxy) is 3. The summed E-state index contributed by atoms with van der Waals surface area (Å²) >= 11 is 0. The Morgan fingerprint density at radius 1 is 0.909 bits per heavy atom. The molecule has 0 atom stereocenters. The average Bonchev–Trinajstić information content (AvgIpc) is 2.83. The summed E-state index contributed by atoms with van der Waals surface area (Å²) in [5.41, 5.74) is 0.507. The van der Waals surface area contributed by atoms with Crippen LogP contribution in [0.25, 0.3) is 11.1 Å². The first kappa shape index (κ1) is 23.9. The highest BCUT2D eigenvalue weighted by atomic mass is 19.2. The second-order valence-corrected chi connectivity index (χ2v) is 7.16. The predicted molar refractivity (Wildman–Crippen MR) is 120 cm³/mol. The summed E-state index contributed by atoms with van der Waals surface area (Å²) in [6.45, 7) is 4.51. The number of unbranched alkanes of at least 4 members (excludes halogenated alkanes) is 1. The topological polar surface area (TPSA) is 61.8 Å². The molecule has 0 spiro atoms. The summed E-state index contributed by atoms with van der Waals surface area (Å²) in [7, 11) is 0. The molecule has 3 aromatic rings. The Hall–Kier alpha value is -3.74. The number of carbonyl (C=O) groups is 2. The molecule has 3 rings (SSSR count). The maximum atomic E-state index is 14.5. The number of rotatable bonds is 10. The summed E-state index contributed by atoms with van der Waals surface area (Å²) in [6, 6.07) is 13.3. The zero-order valence-electron chi connectivity index (χ0n) is 18.4. The van der Waals surface area contributed by atoms with Gasteiger partial charge in [-0.2, -0.15) is 4.39 Å². The van der Waals surface area contributed by atoms with E-state index < -0.39 is 17.6 Å². The van der Waals surface area contributed by atoms with Crippen LogP contribution in [-0.4, -0.2) is 25.5 Å². The van der Waals surface area contributed by atoms with Gasteiger partial charge in [-0.1, -0.05) is 19.4 Å². The molecule has 0 saturated heterocycles. The third-order valence-electron chi connectivity index (χ3n) is 4.85. The lowest BCUT2D eigenvalue weighted by atomic mass is 10.0. The van der Waals surface area contributed by atoms with Crippen LogP contribution in [-0.2, 0) is 0 Å². The first-order valence-electron chi connectivity index (χ1n) is 10.6. The molecule has 5 nitrogen and oxygen atoms in total. The Morgan fingerprint density at radius 3 is 2.30 bits per heavy atom. The van der Waals surface area contributed by atoms with Crippen molar-refractivity contribution in [1.29, 1.82) is 0 Å². The standard InChI is InChI=1S/C26H24F2O5/c1-3-5-14-32-20-9-6-17(7-10-20)26(30)33-22-12-8-18(15-19(22)16-29)21-11-13-23(31-4-2)25(28)24(21)27/h6-13,15-16H,3-5,14H2,1-2H3. The molecular weight excluding hydrogens is 430 g/mol. The first-order chi connectivity index (χ1) is 16.0. The van der Waals surface area contributed by atoms with E-state index in [1.54, 1.807) is 31.2 Å². The van der Waals surface area contributed by atoms with Gasteiger partial charge in [-0.15, -0.1) is 0 Å². The lowest BCUT2D eigenvalue weighted by Crippen LogP contribution is -2.10. The van der Waals surface area contributed by atoms with Crippen LogP contribution in [0.3, 0.4) is 0 Å². The van der Waals surface area contributed by atoms with Gasteiger partial charge in [0.1, 0.15) is 11.5 Å². The van der Waals surface area contributed by atoms with Gasteiger partial charge in [0.25, 0.3) is 0 Å². The van der Waals surface area contributed by atoms with Crippen LogP contribution < -0.4 is 14.2 Å². The van der Waals surface area contributed by atoms with Gasteiger partial charge in [0.2, 0.25) is 5.82 Å². The van der Waals surface area contributed by atoms with E-state index in [1.165, 1.54) is 30.3 Å². The van der Waals surface area contributed by atoms with Gasteiger partial charge < -0.3 is 14.2 Å². The van der Waals surface area contributed by atoms with Crippen molar-refractivity contribution in [2.45, 2.75) is 26.7 Å². The number of halogens is 2. The predicted octanol–water partition coefficient (Wildman–Crippen LogP) is 6.24. The van der Waals surface area contributed by atoms with Gasteiger partial charge in [-0.05, 0) is 67.4 Å². The quantitative estimate of drug-likeness (QED) is 0.157. The minimum atomic E-state index is -1.11. The molecule has 172 valence electrons. The summed E-state index contributed by atoms with van der Waals surface area (Å²) in [4.78, 5) is 24.1. The number of benzene rings is 3. The van der Waals surface area contributed by atoms with Crippen LogP contribution in [0.15, 0.2) is 54.6 Å². The van der Waals surface area contributed by atoms with Crippen molar-refractivity contribution in [3.63, 3.8) is 0 Å². The highest BCUT2D eigenvalue weighted by molar-refractivity contribution is 5.93. The molecule has 0 fully saturated rings. The van der Waals surface area contributed by atoms with E-state index in [1.807, 2.05) is 0 Å². The fourth-order valence-electron chi connectivity index (χ4n) is 3.10.